The van der Waals surface area contributed by atoms with Crippen molar-refractivity contribution in [1.29, 1.82) is 0 Å². The van der Waals surface area contributed by atoms with Crippen LogP contribution in [0.25, 0.3) is 0 Å². The first-order valence-corrected chi connectivity index (χ1v) is 6.59. The van der Waals surface area contributed by atoms with Gasteiger partial charge in [-0.3, -0.25) is 9.59 Å². The second-order valence-corrected chi connectivity index (χ2v) is 5.73. The number of aromatic nitrogens is 2. The summed E-state index contributed by atoms with van der Waals surface area (Å²) in [6, 6.07) is 1.75. The molecular weight excluding hydrogens is 244 g/mol. The predicted octanol–water partition coefficient (Wildman–Crippen LogP) is 1.97. The molecule has 0 saturated carbocycles. The molecule has 5 heteroatoms. The molecule has 0 atom stereocenters. The topological polar surface area (TPSA) is 72.2 Å². The number of nitrogens with zero attached hydrogens (tertiary/aromatic N) is 2. The van der Waals surface area contributed by atoms with E-state index in [1.165, 1.54) is 4.68 Å². The van der Waals surface area contributed by atoms with E-state index >= 15 is 0 Å². The molecule has 0 unspecified atom stereocenters. The molecule has 0 aromatic carbocycles. The van der Waals surface area contributed by atoms with Gasteiger partial charge in [0.1, 0.15) is 0 Å². The molecule has 0 spiro atoms. The van der Waals surface area contributed by atoms with Gasteiger partial charge < -0.3 is 5.11 Å². The number of carbonyl (C=O) groups is 1. The van der Waals surface area contributed by atoms with Crippen LogP contribution in [0.1, 0.15) is 51.8 Å². The van der Waals surface area contributed by atoms with E-state index in [2.05, 4.69) is 5.10 Å². The van der Waals surface area contributed by atoms with Crippen molar-refractivity contribution in [1.82, 2.24) is 9.78 Å². The Morgan fingerprint density at radius 1 is 1.42 bits per heavy atom. The van der Waals surface area contributed by atoms with Gasteiger partial charge in [0.2, 0.25) is 0 Å². The third-order valence-corrected chi connectivity index (χ3v) is 2.86. The number of carboxylic acids is 1. The monoisotopic (exact) mass is 266 g/mol. The zero-order chi connectivity index (χ0) is 14.6. The first kappa shape index (κ1) is 15.4. The van der Waals surface area contributed by atoms with Crippen LogP contribution in [0.3, 0.4) is 0 Å². The van der Waals surface area contributed by atoms with Gasteiger partial charge in [0, 0.05) is 23.9 Å². The molecule has 0 aliphatic rings. The molecule has 0 radical (unpaired) electrons. The third-order valence-electron chi connectivity index (χ3n) is 2.86. The molecule has 0 aliphatic carbocycles. The van der Waals surface area contributed by atoms with Crippen molar-refractivity contribution in [3.05, 3.63) is 27.7 Å². The Morgan fingerprint density at radius 3 is 2.53 bits per heavy atom. The van der Waals surface area contributed by atoms with Gasteiger partial charge in [-0.15, -0.1) is 0 Å². The van der Waals surface area contributed by atoms with E-state index in [1.54, 1.807) is 6.07 Å². The number of aryl methyl sites for hydroxylation is 2. The summed E-state index contributed by atoms with van der Waals surface area (Å²) in [5.74, 6) is -0.893. The maximum atomic E-state index is 12.2. The van der Waals surface area contributed by atoms with Crippen molar-refractivity contribution in [2.45, 2.75) is 58.9 Å². The number of carboxylic acid groups (broad SMARTS) is 1. The molecule has 1 N–H and O–H groups in total. The highest BCUT2D eigenvalue weighted by Crippen LogP contribution is 2.19. The minimum atomic E-state index is -0.893. The third kappa shape index (κ3) is 4.19. The molecule has 1 aromatic heterocycles. The molecule has 5 nitrogen and oxygen atoms in total. The SMILES string of the molecule is CCCn1nc(C(C)(C)C)cc(CCC(=O)O)c1=O. The van der Waals surface area contributed by atoms with Crippen LogP contribution < -0.4 is 5.56 Å². The summed E-state index contributed by atoms with van der Waals surface area (Å²) in [7, 11) is 0. The quantitative estimate of drug-likeness (QED) is 0.884. The molecule has 19 heavy (non-hydrogen) atoms. The van der Waals surface area contributed by atoms with Gasteiger partial charge in [0.15, 0.2) is 0 Å². The zero-order valence-electron chi connectivity index (χ0n) is 12.1. The summed E-state index contributed by atoms with van der Waals surface area (Å²) < 4.78 is 1.46. The van der Waals surface area contributed by atoms with E-state index in [9.17, 15) is 9.59 Å². The van der Waals surface area contributed by atoms with Crippen molar-refractivity contribution in [3.8, 4) is 0 Å². The lowest BCUT2D eigenvalue weighted by Gasteiger charge is -2.20. The molecule has 0 amide bonds. The van der Waals surface area contributed by atoms with E-state index in [1.807, 2.05) is 27.7 Å². The minimum Gasteiger partial charge on any atom is -0.481 e. The lowest BCUT2D eigenvalue weighted by molar-refractivity contribution is -0.136. The summed E-state index contributed by atoms with van der Waals surface area (Å²) in [6.07, 6.45) is 1.04. The Bertz CT molecular complexity index is 512. The van der Waals surface area contributed by atoms with Crippen molar-refractivity contribution >= 4 is 5.97 Å². The number of aliphatic carboxylic acids is 1. The second-order valence-electron chi connectivity index (χ2n) is 5.73. The number of hydrogen-bond donors (Lipinski definition) is 1. The molecule has 0 saturated heterocycles. The fraction of sp³-hybridized carbons (Fsp3) is 0.643. The Hall–Kier alpha value is -1.65. The maximum absolute atomic E-state index is 12.2. The molecule has 1 rings (SSSR count). The van der Waals surface area contributed by atoms with Gasteiger partial charge in [-0.05, 0) is 18.9 Å². The van der Waals surface area contributed by atoms with E-state index in [0.29, 0.717) is 12.1 Å². The Morgan fingerprint density at radius 2 is 2.05 bits per heavy atom. The van der Waals surface area contributed by atoms with Gasteiger partial charge in [0.05, 0.1) is 5.69 Å². The van der Waals surface area contributed by atoms with Crippen LogP contribution in [0.4, 0.5) is 0 Å². The number of rotatable bonds is 5. The Kier molecular flexibility index (Phi) is 4.86. The molecule has 0 aliphatic heterocycles. The average molecular weight is 266 g/mol. The molecule has 106 valence electrons. The van der Waals surface area contributed by atoms with Crippen LogP contribution in [0.5, 0.6) is 0 Å². The average Bonchev–Trinajstić information content (AvgIpc) is 2.28. The first-order valence-electron chi connectivity index (χ1n) is 6.59. The Labute approximate surface area is 113 Å². The smallest absolute Gasteiger partial charge is 0.303 e. The highest BCUT2D eigenvalue weighted by molar-refractivity contribution is 5.67. The summed E-state index contributed by atoms with van der Waals surface area (Å²) >= 11 is 0. The maximum Gasteiger partial charge on any atom is 0.303 e. The van der Waals surface area contributed by atoms with Crippen LogP contribution in [-0.4, -0.2) is 20.9 Å². The van der Waals surface area contributed by atoms with E-state index in [4.69, 9.17) is 5.11 Å². The standard InChI is InChI=1S/C14H22N2O3/c1-5-8-16-13(19)10(6-7-12(17)18)9-11(15-16)14(2,3)4/h9H,5-8H2,1-4H3,(H,17,18). The van der Waals surface area contributed by atoms with Gasteiger partial charge in [-0.2, -0.15) is 5.10 Å². The molecule has 1 heterocycles. The second kappa shape index (κ2) is 5.99. The van der Waals surface area contributed by atoms with Crippen LogP contribution >= 0.6 is 0 Å². The molecular formula is C14H22N2O3. The summed E-state index contributed by atoms with van der Waals surface area (Å²) in [6.45, 7) is 8.61. The van der Waals surface area contributed by atoms with E-state index < -0.39 is 5.97 Å². The van der Waals surface area contributed by atoms with Crippen LogP contribution in [0.15, 0.2) is 10.9 Å². The summed E-state index contributed by atoms with van der Waals surface area (Å²) in [5, 5.41) is 13.1. The lowest BCUT2D eigenvalue weighted by Crippen LogP contribution is -2.30. The van der Waals surface area contributed by atoms with Gasteiger partial charge >= 0.3 is 5.97 Å². The molecule has 0 fully saturated rings. The summed E-state index contributed by atoms with van der Waals surface area (Å²) in [5.41, 5.74) is 1.02. The van der Waals surface area contributed by atoms with E-state index in [0.717, 1.165) is 12.1 Å². The molecule has 0 bridgehead atoms. The number of hydrogen-bond acceptors (Lipinski definition) is 3. The van der Waals surface area contributed by atoms with Gasteiger partial charge in [-0.25, -0.2) is 4.68 Å². The first-order chi connectivity index (χ1) is 8.75. The van der Waals surface area contributed by atoms with Crippen LogP contribution in [0, 0.1) is 0 Å². The van der Waals surface area contributed by atoms with Gasteiger partial charge in [0.25, 0.3) is 5.56 Å². The van der Waals surface area contributed by atoms with Crippen LogP contribution in [-0.2, 0) is 23.2 Å². The van der Waals surface area contributed by atoms with E-state index in [-0.39, 0.29) is 23.8 Å². The van der Waals surface area contributed by atoms with Crippen LogP contribution in [0.2, 0.25) is 0 Å². The lowest BCUT2D eigenvalue weighted by atomic mass is 9.91. The highest BCUT2D eigenvalue weighted by atomic mass is 16.4. The summed E-state index contributed by atoms with van der Waals surface area (Å²) in [4.78, 5) is 22.8. The molecule has 1 aromatic rings. The van der Waals surface area contributed by atoms with Crippen molar-refractivity contribution in [3.63, 3.8) is 0 Å². The highest BCUT2D eigenvalue weighted by Gasteiger charge is 2.19. The minimum absolute atomic E-state index is 0.0328. The van der Waals surface area contributed by atoms with Crippen molar-refractivity contribution in [2.24, 2.45) is 0 Å². The fourth-order valence-electron chi connectivity index (χ4n) is 1.75. The predicted molar refractivity (Wildman–Crippen MR) is 73.4 cm³/mol. The fourth-order valence-corrected chi connectivity index (χ4v) is 1.75. The van der Waals surface area contributed by atoms with Gasteiger partial charge in [-0.1, -0.05) is 27.7 Å². The normalized spacial score (nSPS) is 11.6. The van der Waals surface area contributed by atoms with Crippen molar-refractivity contribution < 1.29 is 9.90 Å². The zero-order valence-corrected chi connectivity index (χ0v) is 12.1. The van der Waals surface area contributed by atoms with Crippen molar-refractivity contribution in [2.75, 3.05) is 0 Å². The largest absolute Gasteiger partial charge is 0.481 e. The Balaban J connectivity index is 3.24.